The first kappa shape index (κ1) is 22.5. The molecule has 2 aliphatic heterocycles. The predicted molar refractivity (Wildman–Crippen MR) is 125 cm³/mol. The zero-order valence-electron chi connectivity index (χ0n) is 20.3. The fourth-order valence-corrected chi connectivity index (χ4v) is 17.5. The second kappa shape index (κ2) is 7.43. The van der Waals surface area contributed by atoms with E-state index in [4.69, 9.17) is 13.6 Å². The van der Waals surface area contributed by atoms with Crippen molar-refractivity contribution in [3.8, 4) is 0 Å². The van der Waals surface area contributed by atoms with Crippen molar-refractivity contribution >= 4 is 16.6 Å². The van der Waals surface area contributed by atoms with Crippen LogP contribution in [0.2, 0.25) is 38.3 Å². The summed E-state index contributed by atoms with van der Waals surface area (Å²) in [5.74, 6) is 3.22. The average Bonchev–Trinajstić information content (AvgIpc) is 3.43. The van der Waals surface area contributed by atoms with Crippen molar-refractivity contribution in [1.29, 1.82) is 0 Å². The van der Waals surface area contributed by atoms with Crippen molar-refractivity contribution < 1.29 is 13.6 Å². The molecule has 0 aromatic carbocycles. The van der Waals surface area contributed by atoms with Crippen LogP contribution in [0.4, 0.5) is 0 Å². The lowest BCUT2D eigenvalue weighted by Gasteiger charge is -2.40. The molecule has 0 aromatic heterocycles. The lowest BCUT2D eigenvalue weighted by atomic mass is 9.77. The maximum atomic E-state index is 7.08. The van der Waals surface area contributed by atoms with Gasteiger partial charge in [-0.15, -0.1) is 0 Å². The van der Waals surface area contributed by atoms with Gasteiger partial charge in [-0.3, -0.25) is 0 Å². The summed E-state index contributed by atoms with van der Waals surface area (Å²) in [6.07, 6.45) is 8.88. The molecule has 8 unspecified atom stereocenters. The summed E-state index contributed by atoms with van der Waals surface area (Å²) >= 11 is 0. The van der Waals surface area contributed by atoms with Gasteiger partial charge in [-0.2, -0.15) is 0 Å². The van der Waals surface area contributed by atoms with E-state index in [1.165, 1.54) is 50.6 Å². The van der Waals surface area contributed by atoms with Crippen LogP contribution >= 0.6 is 0 Å². The van der Waals surface area contributed by atoms with Crippen molar-refractivity contribution in [2.75, 3.05) is 0 Å². The highest BCUT2D eigenvalue weighted by Crippen LogP contribution is 2.52. The van der Waals surface area contributed by atoms with E-state index >= 15 is 0 Å². The van der Waals surface area contributed by atoms with E-state index in [0.29, 0.717) is 12.2 Å². The highest BCUT2D eigenvalue weighted by atomic mass is 28.4. The van der Waals surface area contributed by atoms with Crippen LogP contribution in [0.15, 0.2) is 0 Å². The van der Waals surface area contributed by atoms with Crippen LogP contribution in [0.25, 0.3) is 0 Å². The first-order valence-electron chi connectivity index (χ1n) is 12.4. The molecule has 0 spiro atoms. The molecule has 168 valence electrons. The smallest absolute Gasteiger partial charge is 0.173 e. The van der Waals surface area contributed by atoms with E-state index in [9.17, 15) is 0 Å². The molecule has 4 rings (SSSR count). The molecule has 3 nitrogen and oxygen atoms in total. The monoisotopic (exact) mass is 438 g/mol. The van der Waals surface area contributed by atoms with Gasteiger partial charge in [0.05, 0.1) is 23.4 Å². The van der Waals surface area contributed by atoms with Gasteiger partial charge in [0.2, 0.25) is 0 Å². The van der Waals surface area contributed by atoms with E-state index in [0.717, 1.165) is 23.7 Å². The van der Waals surface area contributed by atoms with Gasteiger partial charge in [-0.25, -0.2) is 0 Å². The minimum Gasteiger partial charge on any atom is -0.455 e. The van der Waals surface area contributed by atoms with Crippen LogP contribution in [-0.2, 0) is 13.6 Å². The normalized spacial score (nSPS) is 43.9. The average molecular weight is 439 g/mol. The van der Waals surface area contributed by atoms with Crippen LogP contribution in [0, 0.1) is 23.7 Å². The molecule has 0 amide bonds. The SMILES string of the molecule is CC(C[Si](C)(C)O[Si](C)(C)CC(C)C1CCC2(C)OC2C1)C1CCC2(C)OC2C1. The van der Waals surface area contributed by atoms with Gasteiger partial charge in [0, 0.05) is 0 Å². The van der Waals surface area contributed by atoms with Gasteiger partial charge in [-0.05, 0) is 114 Å². The standard InChI is InChI=1S/C24H46O3Si2/c1-17(19-9-11-23(3)21(13-19)25-23)15-28(5,6)27-29(7,8)16-18(2)20-10-12-24(4)22(14-20)26-24/h17-22H,9-16H2,1-8H3. The first-order chi connectivity index (χ1) is 13.3. The van der Waals surface area contributed by atoms with E-state index in [2.05, 4.69) is 53.9 Å². The molecule has 4 aliphatic rings. The summed E-state index contributed by atoms with van der Waals surface area (Å²) < 4.78 is 19.0. The zero-order chi connectivity index (χ0) is 21.2. The summed E-state index contributed by atoms with van der Waals surface area (Å²) in [7, 11) is -3.30. The number of fused-ring (bicyclic) bond motifs is 2. The van der Waals surface area contributed by atoms with Gasteiger partial charge in [-0.1, -0.05) is 13.8 Å². The predicted octanol–water partition coefficient (Wildman–Crippen LogP) is 6.60. The Morgan fingerprint density at radius 3 is 1.52 bits per heavy atom. The summed E-state index contributed by atoms with van der Waals surface area (Å²) in [6.45, 7) is 19.5. The number of epoxide rings is 2. The topological polar surface area (TPSA) is 34.3 Å². The molecule has 5 heteroatoms. The molecule has 2 saturated heterocycles. The fraction of sp³-hybridized carbons (Fsp3) is 1.00. The van der Waals surface area contributed by atoms with Gasteiger partial charge in [0.25, 0.3) is 0 Å². The molecule has 8 atom stereocenters. The Morgan fingerprint density at radius 2 is 1.17 bits per heavy atom. The third kappa shape index (κ3) is 5.05. The molecule has 4 fully saturated rings. The highest BCUT2D eigenvalue weighted by Gasteiger charge is 2.57. The Hall–Kier alpha value is 0.314. The molecule has 29 heavy (non-hydrogen) atoms. The van der Waals surface area contributed by atoms with E-state index in [1.54, 1.807) is 0 Å². The number of ether oxygens (including phenoxy) is 2. The Morgan fingerprint density at radius 1 is 0.793 bits per heavy atom. The van der Waals surface area contributed by atoms with Crippen molar-refractivity contribution in [2.24, 2.45) is 23.7 Å². The second-order valence-corrected chi connectivity index (χ2v) is 21.6. The van der Waals surface area contributed by atoms with Gasteiger partial charge in [0.1, 0.15) is 0 Å². The Bertz CT molecular complexity index is 571. The van der Waals surface area contributed by atoms with Crippen molar-refractivity contribution in [3.05, 3.63) is 0 Å². The lowest BCUT2D eigenvalue weighted by Crippen LogP contribution is -2.47. The minimum absolute atomic E-state index is 0.243. The quantitative estimate of drug-likeness (QED) is 0.316. The molecule has 2 heterocycles. The van der Waals surface area contributed by atoms with Crippen molar-refractivity contribution in [3.63, 3.8) is 0 Å². The lowest BCUT2D eigenvalue weighted by molar-refractivity contribution is 0.267. The van der Waals surface area contributed by atoms with Gasteiger partial charge >= 0.3 is 0 Å². The largest absolute Gasteiger partial charge is 0.455 e. The van der Waals surface area contributed by atoms with E-state index in [1.807, 2.05) is 0 Å². The molecule has 0 bridgehead atoms. The van der Waals surface area contributed by atoms with Crippen LogP contribution in [-0.4, -0.2) is 40.0 Å². The minimum atomic E-state index is -1.65. The number of hydrogen-bond donors (Lipinski definition) is 0. The highest BCUT2D eigenvalue weighted by molar-refractivity contribution is 6.84. The van der Waals surface area contributed by atoms with Crippen LogP contribution in [0.3, 0.4) is 0 Å². The van der Waals surface area contributed by atoms with Crippen LogP contribution in [0.5, 0.6) is 0 Å². The number of rotatable bonds is 8. The Balaban J connectivity index is 1.26. The summed E-state index contributed by atoms with van der Waals surface area (Å²) in [6, 6.07) is 2.62. The first-order valence-corrected chi connectivity index (χ1v) is 18.6. The molecule has 0 radical (unpaired) electrons. The third-order valence-electron chi connectivity index (χ3n) is 8.92. The van der Waals surface area contributed by atoms with Crippen molar-refractivity contribution in [2.45, 2.75) is 128 Å². The van der Waals surface area contributed by atoms with Crippen molar-refractivity contribution in [1.82, 2.24) is 0 Å². The molecule has 2 saturated carbocycles. The third-order valence-corrected chi connectivity index (χ3v) is 16.6. The van der Waals surface area contributed by atoms with Crippen LogP contribution < -0.4 is 0 Å². The zero-order valence-corrected chi connectivity index (χ0v) is 22.3. The second-order valence-electron chi connectivity index (χ2n) is 12.9. The number of hydrogen-bond acceptors (Lipinski definition) is 3. The van der Waals surface area contributed by atoms with E-state index in [-0.39, 0.29) is 11.2 Å². The molecular formula is C24H46O3Si2. The summed E-state index contributed by atoms with van der Waals surface area (Å²) in [5, 5.41) is 0. The Labute approximate surface area is 181 Å². The maximum Gasteiger partial charge on any atom is 0.173 e. The van der Waals surface area contributed by atoms with Gasteiger partial charge in [0.15, 0.2) is 16.6 Å². The fourth-order valence-electron chi connectivity index (χ4n) is 7.10. The van der Waals surface area contributed by atoms with Gasteiger partial charge < -0.3 is 13.6 Å². The molecule has 2 aliphatic carbocycles. The summed E-state index contributed by atoms with van der Waals surface area (Å²) in [4.78, 5) is 0. The molecule has 0 N–H and O–H groups in total. The maximum absolute atomic E-state index is 7.08. The molecule has 0 aromatic rings. The molecular weight excluding hydrogens is 392 g/mol. The van der Waals surface area contributed by atoms with Crippen LogP contribution in [0.1, 0.15) is 66.2 Å². The Kier molecular flexibility index (Phi) is 5.77. The summed E-state index contributed by atoms with van der Waals surface area (Å²) in [5.41, 5.74) is 0.486. The van der Waals surface area contributed by atoms with E-state index < -0.39 is 16.6 Å².